The fourth-order valence-corrected chi connectivity index (χ4v) is 9.58. The molecule has 58 heavy (non-hydrogen) atoms. The van der Waals surface area contributed by atoms with E-state index in [0.717, 1.165) is 56.2 Å². The highest BCUT2D eigenvalue weighted by Crippen LogP contribution is 2.63. The van der Waals surface area contributed by atoms with Crippen LogP contribution in [-0.2, 0) is 5.41 Å². The lowest BCUT2D eigenvalue weighted by atomic mass is 9.70. The zero-order valence-electron chi connectivity index (χ0n) is 31.4. The molecule has 2 aliphatic carbocycles. The number of aromatic nitrogens is 4. The maximum atomic E-state index is 5.36. The Morgan fingerprint density at radius 1 is 0.345 bits per heavy atom. The molecule has 270 valence electrons. The van der Waals surface area contributed by atoms with Crippen molar-refractivity contribution in [1.29, 1.82) is 0 Å². The minimum Gasteiger partial charge on any atom is -0.299 e. The van der Waals surface area contributed by atoms with Gasteiger partial charge in [-0.2, -0.15) is 0 Å². The first-order valence-electron chi connectivity index (χ1n) is 19.8. The summed E-state index contributed by atoms with van der Waals surface area (Å²) in [7, 11) is 0. The van der Waals surface area contributed by atoms with Crippen LogP contribution in [0.5, 0.6) is 0 Å². The summed E-state index contributed by atoms with van der Waals surface area (Å²) in [6.45, 7) is 0. The molecule has 0 N–H and O–H groups in total. The Kier molecular flexibility index (Phi) is 7.11. The van der Waals surface area contributed by atoms with Crippen molar-refractivity contribution in [3.8, 4) is 78.7 Å². The van der Waals surface area contributed by atoms with Crippen LogP contribution in [0.1, 0.15) is 22.3 Å². The largest absolute Gasteiger partial charge is 0.299 e. The Labute approximate surface area is 336 Å². The maximum absolute atomic E-state index is 5.36. The first-order valence-corrected chi connectivity index (χ1v) is 19.8. The lowest BCUT2D eigenvalue weighted by Crippen LogP contribution is -2.25. The van der Waals surface area contributed by atoms with Crippen molar-refractivity contribution in [2.75, 3.05) is 0 Å². The topological polar surface area (TPSA) is 43.1 Å². The molecule has 12 rings (SSSR count). The predicted octanol–water partition coefficient (Wildman–Crippen LogP) is 12.8. The van der Waals surface area contributed by atoms with Crippen LogP contribution in [-0.4, -0.2) is 19.4 Å². The van der Waals surface area contributed by atoms with Crippen molar-refractivity contribution in [3.05, 3.63) is 229 Å². The number of hydrogen-bond acceptors (Lipinski definition) is 3. The molecule has 0 unspecified atom stereocenters. The van der Waals surface area contributed by atoms with Crippen molar-refractivity contribution >= 4 is 5.65 Å². The predicted molar refractivity (Wildman–Crippen MR) is 234 cm³/mol. The van der Waals surface area contributed by atoms with Crippen LogP contribution in [0.4, 0.5) is 0 Å². The summed E-state index contributed by atoms with van der Waals surface area (Å²) in [5, 5.41) is 0. The summed E-state index contributed by atoms with van der Waals surface area (Å²) in [5.41, 5.74) is 19.8. The molecule has 4 heteroatoms. The van der Waals surface area contributed by atoms with E-state index in [1.54, 1.807) is 0 Å². The monoisotopic (exact) mass is 738 g/mol. The molecule has 7 aromatic carbocycles. The zero-order valence-corrected chi connectivity index (χ0v) is 31.4. The number of hydrogen-bond donors (Lipinski definition) is 0. The second-order valence-electron chi connectivity index (χ2n) is 15.2. The van der Waals surface area contributed by atoms with Crippen molar-refractivity contribution in [1.82, 2.24) is 19.4 Å². The summed E-state index contributed by atoms with van der Waals surface area (Å²) in [6.07, 6.45) is 2.09. The van der Waals surface area contributed by atoms with Gasteiger partial charge in [0.05, 0.1) is 28.2 Å². The summed E-state index contributed by atoms with van der Waals surface area (Å²) in [4.78, 5) is 15.7. The Hall–Kier alpha value is -7.69. The number of benzene rings is 7. The van der Waals surface area contributed by atoms with E-state index in [-0.39, 0.29) is 0 Å². The van der Waals surface area contributed by atoms with Gasteiger partial charge in [0.25, 0.3) is 0 Å². The highest BCUT2D eigenvalue weighted by Gasteiger charge is 2.51. The second-order valence-corrected chi connectivity index (χ2v) is 15.2. The average Bonchev–Trinajstić information content (AvgIpc) is 3.94. The second kappa shape index (κ2) is 12.7. The molecule has 3 heterocycles. The summed E-state index contributed by atoms with van der Waals surface area (Å²) >= 11 is 0. The molecule has 0 saturated carbocycles. The molecule has 0 bridgehead atoms. The van der Waals surface area contributed by atoms with Crippen LogP contribution in [0.15, 0.2) is 206 Å². The SMILES string of the molecule is c1ccc(-c2cc(-c3ccc(-c4c(-c5ccccc5)nc5ccccn45)cc3)nc(-c3ccc4c(c3)C3(c5ccccc5-c5ccccc53)c3ccccc3-4)n2)cc1. The number of nitrogens with zero attached hydrogens (tertiary/aromatic N) is 4. The molecule has 2 aliphatic rings. The van der Waals surface area contributed by atoms with Crippen LogP contribution < -0.4 is 0 Å². The molecular weight excluding hydrogens is 705 g/mol. The van der Waals surface area contributed by atoms with Gasteiger partial charge in [-0.15, -0.1) is 0 Å². The molecule has 0 fully saturated rings. The summed E-state index contributed by atoms with van der Waals surface area (Å²) in [6, 6.07) is 71.5. The molecule has 10 aromatic rings. The number of pyridine rings is 1. The average molecular weight is 739 g/mol. The van der Waals surface area contributed by atoms with Gasteiger partial charge in [0, 0.05) is 34.0 Å². The minimum atomic E-state index is -0.443. The van der Waals surface area contributed by atoms with Crippen molar-refractivity contribution in [2.45, 2.75) is 5.41 Å². The standard InChI is InChI=1S/C54H34N4/c1-3-15-35(16-4-1)48-34-49(36-26-28-38(29-27-36)52-51(37-17-5-2-6-18-37)57-50-25-13-14-32-58(50)52)56-53(55-48)39-30-31-43-42-21-9-12-24-46(42)54(47(43)33-39)44-22-10-7-19-40(44)41-20-8-11-23-45(41)54/h1-34H. The number of imidazole rings is 1. The fourth-order valence-electron chi connectivity index (χ4n) is 9.58. The van der Waals surface area contributed by atoms with E-state index in [1.165, 1.54) is 44.5 Å². The van der Waals surface area contributed by atoms with Gasteiger partial charge >= 0.3 is 0 Å². The van der Waals surface area contributed by atoms with Crippen LogP contribution in [0.2, 0.25) is 0 Å². The summed E-state index contributed by atoms with van der Waals surface area (Å²) < 4.78 is 2.17. The first-order chi connectivity index (χ1) is 28.8. The van der Waals surface area contributed by atoms with Gasteiger partial charge in [-0.3, -0.25) is 4.40 Å². The fraction of sp³-hybridized carbons (Fsp3) is 0.0185. The van der Waals surface area contributed by atoms with Gasteiger partial charge < -0.3 is 0 Å². The lowest BCUT2D eigenvalue weighted by Gasteiger charge is -2.30. The van der Waals surface area contributed by atoms with E-state index in [4.69, 9.17) is 15.0 Å². The van der Waals surface area contributed by atoms with E-state index in [2.05, 4.69) is 193 Å². The highest BCUT2D eigenvalue weighted by atomic mass is 15.0. The third-order valence-corrected chi connectivity index (χ3v) is 12.1. The third kappa shape index (κ3) is 4.72. The van der Waals surface area contributed by atoms with E-state index in [9.17, 15) is 0 Å². The molecule has 0 aliphatic heterocycles. The molecule has 0 radical (unpaired) electrons. The van der Waals surface area contributed by atoms with Crippen LogP contribution >= 0.6 is 0 Å². The van der Waals surface area contributed by atoms with Gasteiger partial charge in [-0.25, -0.2) is 15.0 Å². The normalized spacial score (nSPS) is 13.0. The molecule has 0 saturated heterocycles. The van der Waals surface area contributed by atoms with Crippen LogP contribution in [0.25, 0.3) is 84.3 Å². The smallest absolute Gasteiger partial charge is 0.160 e. The first kappa shape index (κ1) is 32.5. The Balaban J connectivity index is 1.03. The van der Waals surface area contributed by atoms with Crippen molar-refractivity contribution < 1.29 is 0 Å². The van der Waals surface area contributed by atoms with E-state index >= 15 is 0 Å². The molecule has 0 atom stereocenters. The third-order valence-electron chi connectivity index (χ3n) is 12.1. The Bertz CT molecular complexity index is 3150. The quantitative estimate of drug-likeness (QED) is 0.177. The Morgan fingerprint density at radius 2 is 0.828 bits per heavy atom. The number of rotatable bonds is 5. The van der Waals surface area contributed by atoms with Crippen molar-refractivity contribution in [3.63, 3.8) is 0 Å². The van der Waals surface area contributed by atoms with Gasteiger partial charge in [-0.05, 0) is 68.8 Å². The molecule has 1 spiro atoms. The van der Waals surface area contributed by atoms with Crippen LogP contribution in [0.3, 0.4) is 0 Å². The Morgan fingerprint density at radius 3 is 1.45 bits per heavy atom. The van der Waals surface area contributed by atoms with Gasteiger partial charge in [0.2, 0.25) is 0 Å². The van der Waals surface area contributed by atoms with Crippen LogP contribution in [0, 0.1) is 0 Å². The molecule has 4 nitrogen and oxygen atoms in total. The lowest BCUT2D eigenvalue weighted by molar-refractivity contribution is 0.794. The van der Waals surface area contributed by atoms with Gasteiger partial charge in [0.1, 0.15) is 5.65 Å². The van der Waals surface area contributed by atoms with E-state index < -0.39 is 5.41 Å². The molecular formula is C54H34N4. The highest BCUT2D eigenvalue weighted by molar-refractivity contribution is 5.96. The molecule has 0 amide bonds. The summed E-state index contributed by atoms with van der Waals surface area (Å²) in [5.74, 6) is 0.696. The van der Waals surface area contributed by atoms with Crippen molar-refractivity contribution in [2.24, 2.45) is 0 Å². The van der Waals surface area contributed by atoms with E-state index in [0.29, 0.717) is 5.82 Å². The van der Waals surface area contributed by atoms with E-state index in [1.807, 2.05) is 18.2 Å². The minimum absolute atomic E-state index is 0.443. The number of fused-ring (bicyclic) bond motifs is 11. The zero-order chi connectivity index (χ0) is 38.2. The maximum Gasteiger partial charge on any atom is 0.160 e. The van der Waals surface area contributed by atoms with Gasteiger partial charge in [-0.1, -0.05) is 176 Å². The van der Waals surface area contributed by atoms with Gasteiger partial charge in [0.15, 0.2) is 5.82 Å². The molecule has 3 aromatic heterocycles.